The third-order valence-corrected chi connectivity index (χ3v) is 8.48. The highest BCUT2D eigenvalue weighted by Gasteiger charge is 2.25. The molecule has 1 unspecified atom stereocenters. The number of esters is 1. The number of rotatable bonds is 20. The van der Waals surface area contributed by atoms with Crippen LogP contribution in [0.5, 0.6) is 0 Å². The molecule has 0 saturated carbocycles. The highest BCUT2D eigenvalue weighted by atomic mass is 16.9. The number of nitrogens with zero attached hydrogens (tertiary/aromatic N) is 7. The highest BCUT2D eigenvalue weighted by Crippen LogP contribution is 2.30. The van der Waals surface area contributed by atoms with Crippen molar-refractivity contribution in [1.82, 2.24) is 35.5 Å². The monoisotopic (exact) mass is 725 g/mol. The summed E-state index contributed by atoms with van der Waals surface area (Å²) in [6.07, 6.45) is 3.88. The number of guanidine groups is 1. The number of fused-ring (bicyclic) bond motifs is 1. The number of tetrazole rings is 1. The number of nitrogens with one attached hydrogen (secondary N) is 2. The van der Waals surface area contributed by atoms with Crippen LogP contribution in [0, 0.1) is 10.1 Å². The Morgan fingerprint density at radius 2 is 1.77 bits per heavy atom. The lowest BCUT2D eigenvalue weighted by Crippen LogP contribution is -2.42. The van der Waals surface area contributed by atoms with Crippen LogP contribution in [0.15, 0.2) is 71.7 Å². The number of para-hydroxylation sites is 1. The van der Waals surface area contributed by atoms with Crippen molar-refractivity contribution < 1.29 is 24.3 Å². The van der Waals surface area contributed by atoms with E-state index in [9.17, 15) is 19.7 Å². The Morgan fingerprint density at radius 3 is 2.49 bits per heavy atom. The van der Waals surface area contributed by atoms with Crippen LogP contribution >= 0.6 is 0 Å². The van der Waals surface area contributed by atoms with E-state index in [1.165, 1.54) is 0 Å². The van der Waals surface area contributed by atoms with Crippen LogP contribution in [0.25, 0.3) is 33.5 Å². The number of carbonyl (C=O) groups excluding carboxylic acids is 2. The maximum Gasteiger partial charge on any atom is 0.328 e. The third-order valence-electron chi connectivity index (χ3n) is 8.48. The molecule has 0 aliphatic heterocycles. The van der Waals surface area contributed by atoms with Gasteiger partial charge in [0.05, 0.1) is 29.8 Å². The van der Waals surface area contributed by atoms with Gasteiger partial charge in [-0.1, -0.05) is 67.9 Å². The normalized spacial score (nSPS) is 11.6. The fraction of sp³-hybridized carbons (Fsp3) is 0.361. The van der Waals surface area contributed by atoms with E-state index in [0.717, 1.165) is 47.3 Å². The number of nitrogens with two attached hydrogens (primary N) is 2. The summed E-state index contributed by atoms with van der Waals surface area (Å²) in [6, 6.07) is 20.4. The lowest BCUT2D eigenvalue weighted by molar-refractivity contribution is -0.757. The Kier molecular flexibility index (Phi) is 13.4. The molecule has 53 heavy (non-hydrogen) atoms. The topological polar surface area (TPSA) is 244 Å². The maximum atomic E-state index is 14.0. The quantitative estimate of drug-likeness (QED) is 0.0222. The van der Waals surface area contributed by atoms with Crippen LogP contribution in [-0.4, -0.2) is 78.9 Å². The van der Waals surface area contributed by atoms with Gasteiger partial charge in [0, 0.05) is 25.1 Å². The van der Waals surface area contributed by atoms with Gasteiger partial charge in [-0.15, -0.1) is 20.3 Å². The molecule has 0 bridgehead atoms. The molecule has 0 radical (unpaired) electrons. The van der Waals surface area contributed by atoms with E-state index in [1.807, 2.05) is 54.6 Å². The molecule has 1 atom stereocenters. The number of aryl methyl sites for hydroxylation is 1. The minimum absolute atomic E-state index is 0.00476. The van der Waals surface area contributed by atoms with Crippen molar-refractivity contribution in [1.29, 1.82) is 0 Å². The van der Waals surface area contributed by atoms with Crippen LogP contribution in [0.2, 0.25) is 0 Å². The van der Waals surface area contributed by atoms with Crippen LogP contribution in [-0.2, 0) is 27.3 Å². The first kappa shape index (κ1) is 37.9. The first-order valence-corrected chi connectivity index (χ1v) is 17.5. The summed E-state index contributed by atoms with van der Waals surface area (Å²) in [6.45, 7) is 2.72. The van der Waals surface area contributed by atoms with Crippen molar-refractivity contribution in [2.75, 3.05) is 19.8 Å². The zero-order valence-electron chi connectivity index (χ0n) is 29.4. The zero-order valence-corrected chi connectivity index (χ0v) is 29.4. The number of hydrogen-bond acceptors (Lipinski definition) is 11. The molecule has 2 aromatic heterocycles. The molecule has 6 N–H and O–H groups in total. The van der Waals surface area contributed by atoms with E-state index in [2.05, 4.69) is 47.3 Å². The molecular formula is C36H43N11O6. The SMILES string of the molecule is CCCCc1nc2cccc(C(=O)NC(CCCN=C(N)N)C(=O)OCCCCO[N+](=O)[O-])c2n1Cc1ccc(-c2ccccc2-c2nn[nH]n2)cc1. The summed E-state index contributed by atoms with van der Waals surface area (Å²) in [5.41, 5.74) is 16.4. The summed E-state index contributed by atoms with van der Waals surface area (Å²) in [5.74, 6) is 0.180. The molecule has 0 spiro atoms. The number of unbranched alkanes of at least 4 members (excludes halogenated alkanes) is 2. The zero-order chi connectivity index (χ0) is 37.6. The summed E-state index contributed by atoms with van der Waals surface area (Å²) >= 11 is 0. The van der Waals surface area contributed by atoms with Crippen molar-refractivity contribution >= 4 is 28.9 Å². The van der Waals surface area contributed by atoms with Crippen molar-refractivity contribution in [3.63, 3.8) is 0 Å². The first-order valence-electron chi connectivity index (χ1n) is 17.5. The van der Waals surface area contributed by atoms with E-state index in [1.54, 1.807) is 12.1 Å². The number of hydrogen-bond donors (Lipinski definition) is 4. The Labute approximate surface area is 305 Å². The Morgan fingerprint density at radius 1 is 1.00 bits per heavy atom. The smallest absolute Gasteiger partial charge is 0.328 e. The molecule has 278 valence electrons. The van der Waals surface area contributed by atoms with Gasteiger partial charge in [0.1, 0.15) is 11.9 Å². The molecule has 5 aromatic rings. The van der Waals surface area contributed by atoms with E-state index >= 15 is 0 Å². The minimum atomic E-state index is -0.999. The standard InChI is InChI=1S/C36H43N11O6/c1-2-3-15-31-40-29-13-8-12-28(34(48)41-30(14-9-20-39-36(37)38)35(49)52-21-6-7-22-53-47(50)51)32(29)46(31)23-24-16-18-25(19-17-24)26-10-4-5-11-27(26)33-42-44-45-43-33/h4-5,8,10-13,16-19,30H,2-3,6-7,9,14-15,20-23H2,1H3,(H,41,48)(H4,37,38,39)(H,42,43,44,45). The lowest BCUT2D eigenvalue weighted by Gasteiger charge is -2.18. The van der Waals surface area contributed by atoms with Gasteiger partial charge in [0.25, 0.3) is 11.0 Å². The van der Waals surface area contributed by atoms with Crippen LogP contribution in [0.4, 0.5) is 0 Å². The van der Waals surface area contributed by atoms with Crippen molar-refractivity contribution in [3.8, 4) is 22.5 Å². The van der Waals surface area contributed by atoms with Crippen LogP contribution in [0.1, 0.15) is 67.2 Å². The van der Waals surface area contributed by atoms with Gasteiger partial charge in [-0.05, 0) is 66.1 Å². The van der Waals surface area contributed by atoms with Crippen LogP contribution < -0.4 is 16.8 Å². The second-order valence-electron chi connectivity index (χ2n) is 12.3. The largest absolute Gasteiger partial charge is 0.464 e. The Bertz CT molecular complexity index is 2010. The second-order valence-corrected chi connectivity index (χ2v) is 12.3. The van der Waals surface area contributed by atoms with Gasteiger partial charge in [-0.25, -0.2) is 9.78 Å². The number of aromatic amines is 1. The minimum Gasteiger partial charge on any atom is -0.464 e. The van der Waals surface area contributed by atoms with E-state index in [0.29, 0.717) is 48.2 Å². The van der Waals surface area contributed by atoms with E-state index in [4.69, 9.17) is 21.2 Å². The molecule has 2 heterocycles. The van der Waals surface area contributed by atoms with Crippen LogP contribution in [0.3, 0.4) is 0 Å². The fourth-order valence-corrected chi connectivity index (χ4v) is 5.90. The molecule has 0 aliphatic carbocycles. The summed E-state index contributed by atoms with van der Waals surface area (Å²) in [5, 5.41) is 26.9. The molecule has 17 nitrogen and oxygen atoms in total. The summed E-state index contributed by atoms with van der Waals surface area (Å²) < 4.78 is 7.51. The average Bonchev–Trinajstić information content (AvgIpc) is 3.82. The summed E-state index contributed by atoms with van der Waals surface area (Å²) in [7, 11) is 0. The average molecular weight is 726 g/mol. The van der Waals surface area contributed by atoms with Gasteiger partial charge in [-0.2, -0.15) is 5.21 Å². The predicted molar refractivity (Wildman–Crippen MR) is 197 cm³/mol. The number of imidazole rings is 1. The molecular weight excluding hydrogens is 682 g/mol. The van der Waals surface area contributed by atoms with Gasteiger partial charge < -0.3 is 30.9 Å². The number of ether oxygens (including phenoxy) is 1. The van der Waals surface area contributed by atoms with E-state index in [-0.39, 0.29) is 32.1 Å². The molecule has 0 saturated heterocycles. The maximum absolute atomic E-state index is 14.0. The van der Waals surface area contributed by atoms with Gasteiger partial charge in [0.15, 0.2) is 5.96 Å². The highest BCUT2D eigenvalue weighted by molar-refractivity contribution is 6.06. The number of aromatic nitrogens is 6. The van der Waals surface area contributed by atoms with Crippen molar-refractivity contribution in [2.24, 2.45) is 16.5 Å². The third kappa shape index (κ3) is 10.3. The van der Waals surface area contributed by atoms with Gasteiger partial charge in [0.2, 0.25) is 5.82 Å². The van der Waals surface area contributed by atoms with Crippen molar-refractivity contribution in [2.45, 2.75) is 64.5 Å². The van der Waals surface area contributed by atoms with Gasteiger partial charge >= 0.3 is 5.97 Å². The lowest BCUT2D eigenvalue weighted by atomic mass is 9.98. The Hall–Kier alpha value is -6.39. The first-order chi connectivity index (χ1) is 25.7. The number of amides is 1. The molecule has 0 fully saturated rings. The fourth-order valence-electron chi connectivity index (χ4n) is 5.90. The number of carbonyl (C=O) groups is 2. The Balaban J connectivity index is 1.39. The number of benzene rings is 3. The summed E-state index contributed by atoms with van der Waals surface area (Å²) in [4.78, 5) is 50.8. The molecule has 5 rings (SSSR count). The molecule has 0 aliphatic rings. The van der Waals surface area contributed by atoms with Gasteiger partial charge in [-0.3, -0.25) is 9.79 Å². The molecule has 1 amide bonds. The predicted octanol–water partition coefficient (Wildman–Crippen LogP) is 3.96. The second kappa shape index (κ2) is 18.7. The van der Waals surface area contributed by atoms with E-state index < -0.39 is 23.0 Å². The molecule has 17 heteroatoms. The number of H-pyrrole nitrogens is 1. The molecule has 3 aromatic carbocycles. The van der Waals surface area contributed by atoms with Crippen molar-refractivity contribution in [3.05, 3.63) is 93.8 Å². The number of aliphatic imine (C=N–C) groups is 1.